The zero-order valence-corrected chi connectivity index (χ0v) is 16.7. The molecular formula is C25H25NO3. The summed E-state index contributed by atoms with van der Waals surface area (Å²) in [5, 5.41) is 3.74. The van der Waals surface area contributed by atoms with Crippen LogP contribution in [0.2, 0.25) is 0 Å². The summed E-state index contributed by atoms with van der Waals surface area (Å²) < 4.78 is 10.6. The first-order chi connectivity index (χ1) is 14.2. The van der Waals surface area contributed by atoms with Crippen molar-refractivity contribution in [2.24, 2.45) is 0 Å². The molecule has 3 atom stereocenters. The van der Waals surface area contributed by atoms with E-state index >= 15 is 0 Å². The van der Waals surface area contributed by atoms with Crippen molar-refractivity contribution in [1.29, 1.82) is 0 Å². The van der Waals surface area contributed by atoms with E-state index in [0.717, 1.165) is 28.2 Å². The van der Waals surface area contributed by atoms with E-state index in [9.17, 15) is 4.79 Å². The molecule has 0 bridgehead atoms. The number of ketones is 1. The normalized spacial score (nSPS) is 21.6. The fraction of sp³-hybridized carbons (Fsp3) is 0.240. The van der Waals surface area contributed by atoms with Crippen LogP contribution in [0.3, 0.4) is 0 Å². The molecule has 0 amide bonds. The Balaban J connectivity index is 1.70. The maximum absolute atomic E-state index is 13.3. The van der Waals surface area contributed by atoms with Crippen LogP contribution < -0.4 is 14.8 Å². The van der Waals surface area contributed by atoms with Gasteiger partial charge in [0.15, 0.2) is 0 Å². The van der Waals surface area contributed by atoms with Gasteiger partial charge >= 0.3 is 0 Å². The number of nitrogens with one attached hydrogen (secondary N) is 1. The van der Waals surface area contributed by atoms with E-state index < -0.39 is 0 Å². The maximum atomic E-state index is 13.3. The summed E-state index contributed by atoms with van der Waals surface area (Å²) in [7, 11) is 3.31. The Morgan fingerprint density at radius 3 is 1.83 bits per heavy atom. The van der Waals surface area contributed by atoms with Crippen molar-refractivity contribution in [1.82, 2.24) is 5.32 Å². The van der Waals surface area contributed by atoms with Gasteiger partial charge in [0.25, 0.3) is 0 Å². The lowest BCUT2D eigenvalue weighted by molar-refractivity contribution is -0.123. The molecule has 1 aliphatic heterocycles. The maximum Gasteiger partial charge on any atom is 0.144 e. The molecule has 3 unspecified atom stereocenters. The third kappa shape index (κ3) is 4.03. The summed E-state index contributed by atoms with van der Waals surface area (Å²) in [5.41, 5.74) is 3.20. The summed E-state index contributed by atoms with van der Waals surface area (Å²) in [6.45, 7) is 0. The molecule has 1 heterocycles. The Kier molecular flexibility index (Phi) is 5.63. The molecule has 0 spiro atoms. The molecule has 3 aromatic rings. The van der Waals surface area contributed by atoms with Gasteiger partial charge in [0.2, 0.25) is 0 Å². The van der Waals surface area contributed by atoms with Gasteiger partial charge in [-0.15, -0.1) is 0 Å². The molecule has 4 heteroatoms. The number of methoxy groups -OCH3 is 2. The molecule has 0 radical (unpaired) electrons. The average molecular weight is 387 g/mol. The van der Waals surface area contributed by atoms with Crippen LogP contribution in [0, 0.1) is 0 Å². The number of hydrogen-bond donors (Lipinski definition) is 1. The van der Waals surface area contributed by atoms with Crippen LogP contribution in [0.4, 0.5) is 0 Å². The first-order valence-corrected chi connectivity index (χ1v) is 9.81. The smallest absolute Gasteiger partial charge is 0.144 e. The minimum absolute atomic E-state index is 0.0412. The third-order valence-corrected chi connectivity index (χ3v) is 5.62. The fourth-order valence-corrected chi connectivity index (χ4v) is 4.07. The first-order valence-electron chi connectivity index (χ1n) is 9.81. The zero-order chi connectivity index (χ0) is 20.2. The second kappa shape index (κ2) is 8.50. The Bertz CT molecular complexity index is 952. The van der Waals surface area contributed by atoms with Crippen LogP contribution >= 0.6 is 0 Å². The Morgan fingerprint density at radius 2 is 1.28 bits per heavy atom. The zero-order valence-electron chi connectivity index (χ0n) is 16.7. The highest BCUT2D eigenvalue weighted by Crippen LogP contribution is 2.41. The predicted molar refractivity (Wildman–Crippen MR) is 113 cm³/mol. The van der Waals surface area contributed by atoms with Gasteiger partial charge in [-0.2, -0.15) is 0 Å². The number of ether oxygens (including phenoxy) is 2. The van der Waals surface area contributed by atoms with Crippen LogP contribution in [0.5, 0.6) is 11.5 Å². The molecule has 29 heavy (non-hydrogen) atoms. The summed E-state index contributed by atoms with van der Waals surface area (Å²) in [6, 6.07) is 25.8. The summed E-state index contributed by atoms with van der Waals surface area (Å²) in [6.07, 6.45) is 0.457. The number of Topliss-reactive ketones (excluding diaryl/α,β-unsaturated/α-hetero) is 1. The van der Waals surface area contributed by atoms with Crippen LogP contribution in [0.1, 0.15) is 41.1 Å². The van der Waals surface area contributed by atoms with E-state index in [1.165, 1.54) is 0 Å². The highest BCUT2D eigenvalue weighted by Gasteiger charge is 2.38. The topological polar surface area (TPSA) is 47.6 Å². The monoisotopic (exact) mass is 387 g/mol. The molecular weight excluding hydrogens is 362 g/mol. The lowest BCUT2D eigenvalue weighted by Gasteiger charge is -2.37. The van der Waals surface area contributed by atoms with Crippen molar-refractivity contribution in [3.8, 4) is 11.5 Å². The van der Waals surface area contributed by atoms with Gasteiger partial charge in [0, 0.05) is 18.5 Å². The lowest BCUT2D eigenvalue weighted by atomic mass is 9.77. The van der Waals surface area contributed by atoms with Gasteiger partial charge in [-0.3, -0.25) is 4.79 Å². The molecule has 148 valence electrons. The number of benzene rings is 3. The molecule has 3 aromatic carbocycles. The van der Waals surface area contributed by atoms with Crippen molar-refractivity contribution in [2.75, 3.05) is 14.2 Å². The highest BCUT2D eigenvalue weighted by atomic mass is 16.5. The standard InChI is InChI=1S/C25H25NO3/c1-28-20-12-8-17(9-13-20)22-16-23(27)24(18-6-4-3-5-7-18)25(26-22)19-10-14-21(29-2)15-11-19/h3-15,22,24-26H,16H2,1-2H3. The van der Waals surface area contributed by atoms with E-state index in [-0.39, 0.29) is 23.8 Å². The van der Waals surface area contributed by atoms with Crippen LogP contribution in [-0.4, -0.2) is 20.0 Å². The minimum atomic E-state index is -0.223. The molecule has 1 N–H and O–H groups in total. The summed E-state index contributed by atoms with van der Waals surface area (Å²) >= 11 is 0. The van der Waals surface area contributed by atoms with Gasteiger partial charge in [0.1, 0.15) is 17.3 Å². The van der Waals surface area contributed by atoms with E-state index in [0.29, 0.717) is 6.42 Å². The molecule has 0 aliphatic carbocycles. The van der Waals surface area contributed by atoms with Gasteiger partial charge in [-0.1, -0.05) is 54.6 Å². The average Bonchev–Trinajstić information content (AvgIpc) is 2.79. The van der Waals surface area contributed by atoms with Crippen LogP contribution in [-0.2, 0) is 4.79 Å². The summed E-state index contributed by atoms with van der Waals surface area (Å²) in [4.78, 5) is 13.3. The Morgan fingerprint density at radius 1 is 0.724 bits per heavy atom. The Hall–Kier alpha value is -3.11. The van der Waals surface area contributed by atoms with Crippen molar-refractivity contribution in [3.05, 3.63) is 95.6 Å². The summed E-state index contributed by atoms with van der Waals surface area (Å²) in [5.74, 6) is 1.64. The van der Waals surface area contributed by atoms with Gasteiger partial charge in [0.05, 0.1) is 20.1 Å². The largest absolute Gasteiger partial charge is 0.497 e. The molecule has 0 aromatic heterocycles. The Labute approximate surface area is 171 Å². The molecule has 1 aliphatic rings. The molecule has 4 rings (SSSR count). The van der Waals surface area contributed by atoms with Gasteiger partial charge in [-0.25, -0.2) is 0 Å². The van der Waals surface area contributed by atoms with Gasteiger partial charge < -0.3 is 14.8 Å². The molecule has 1 saturated heterocycles. The quantitative estimate of drug-likeness (QED) is 0.681. The van der Waals surface area contributed by atoms with Crippen molar-refractivity contribution >= 4 is 5.78 Å². The lowest BCUT2D eigenvalue weighted by Crippen LogP contribution is -2.41. The van der Waals surface area contributed by atoms with E-state index in [1.807, 2.05) is 78.9 Å². The number of rotatable bonds is 5. The van der Waals surface area contributed by atoms with Gasteiger partial charge in [-0.05, 0) is 41.0 Å². The number of carbonyl (C=O) groups excluding carboxylic acids is 1. The SMILES string of the molecule is COc1ccc(C2CC(=O)C(c3ccccc3)C(c3ccc(OC)cc3)N2)cc1. The highest BCUT2D eigenvalue weighted by molar-refractivity contribution is 5.88. The van der Waals surface area contributed by atoms with Crippen LogP contribution in [0.15, 0.2) is 78.9 Å². The first kappa shape index (κ1) is 19.2. The molecule has 0 saturated carbocycles. The van der Waals surface area contributed by atoms with Crippen molar-refractivity contribution in [2.45, 2.75) is 24.4 Å². The van der Waals surface area contributed by atoms with E-state index in [2.05, 4.69) is 5.32 Å². The van der Waals surface area contributed by atoms with Crippen LogP contribution in [0.25, 0.3) is 0 Å². The predicted octanol–water partition coefficient (Wildman–Crippen LogP) is 4.83. The van der Waals surface area contributed by atoms with Crippen molar-refractivity contribution in [3.63, 3.8) is 0 Å². The number of carbonyl (C=O) groups is 1. The fourth-order valence-electron chi connectivity index (χ4n) is 4.07. The second-order valence-corrected chi connectivity index (χ2v) is 7.30. The number of hydrogen-bond acceptors (Lipinski definition) is 4. The van der Waals surface area contributed by atoms with Crippen molar-refractivity contribution < 1.29 is 14.3 Å². The second-order valence-electron chi connectivity index (χ2n) is 7.30. The molecule has 4 nitrogen and oxygen atoms in total. The minimum Gasteiger partial charge on any atom is -0.497 e. The third-order valence-electron chi connectivity index (χ3n) is 5.62. The van der Waals surface area contributed by atoms with E-state index in [1.54, 1.807) is 14.2 Å². The number of piperidine rings is 1. The molecule has 1 fully saturated rings. The van der Waals surface area contributed by atoms with E-state index in [4.69, 9.17) is 9.47 Å².